The van der Waals surface area contributed by atoms with E-state index in [4.69, 9.17) is 14.2 Å². The highest BCUT2D eigenvalue weighted by atomic mass is 79.9. The molecule has 7 atom stereocenters. The summed E-state index contributed by atoms with van der Waals surface area (Å²) in [6, 6.07) is 15.2. The molecule has 2 bridgehead atoms. The maximum atomic E-state index is 14.8. The molecule has 0 radical (unpaired) electrons. The average molecular weight is 753 g/mol. The molecule has 0 aromatic heterocycles. The van der Waals surface area contributed by atoms with Gasteiger partial charge in [0.25, 0.3) is 5.91 Å². The monoisotopic (exact) mass is 751 g/mol. The molecule has 11 nitrogen and oxygen atoms in total. The van der Waals surface area contributed by atoms with E-state index in [0.29, 0.717) is 49.1 Å². The number of halogens is 1. The van der Waals surface area contributed by atoms with Crippen molar-refractivity contribution in [2.45, 2.75) is 67.2 Å². The van der Waals surface area contributed by atoms with Crippen molar-refractivity contribution in [2.24, 2.45) is 11.8 Å². The number of anilines is 1. The van der Waals surface area contributed by atoms with Crippen LogP contribution in [0.4, 0.5) is 5.69 Å². The van der Waals surface area contributed by atoms with E-state index in [9.17, 15) is 24.3 Å². The minimum absolute atomic E-state index is 0.0225. The first-order valence-electron chi connectivity index (χ1n) is 17.1. The number of hydrogen-bond acceptors (Lipinski definition) is 8. The quantitative estimate of drug-likeness (QED) is 0.0986. The summed E-state index contributed by atoms with van der Waals surface area (Å²) in [5, 5.41) is 12.2. The van der Waals surface area contributed by atoms with Gasteiger partial charge < -0.3 is 34.4 Å². The number of alkyl halides is 1. The number of benzene rings is 2. The molecule has 0 saturated carbocycles. The van der Waals surface area contributed by atoms with Crippen molar-refractivity contribution in [3.05, 3.63) is 85.5 Å². The maximum Gasteiger partial charge on any atom is 0.313 e. The zero-order chi connectivity index (χ0) is 35.8. The number of esters is 1. The Morgan fingerprint density at radius 2 is 1.86 bits per heavy atom. The molecule has 1 spiro atoms. The minimum Gasteiger partial charge on any atom is -0.497 e. The Morgan fingerprint density at radius 1 is 1.12 bits per heavy atom. The molecule has 50 heavy (non-hydrogen) atoms. The number of nitrogens with one attached hydrogen (secondary N) is 1. The predicted molar refractivity (Wildman–Crippen MR) is 192 cm³/mol. The smallest absolute Gasteiger partial charge is 0.313 e. The lowest BCUT2D eigenvalue weighted by Crippen LogP contribution is -2.57. The number of carbonyl (C=O) groups is 4. The molecule has 12 heteroatoms. The molecule has 2 aromatic rings. The fraction of sp³-hybridized carbons (Fsp3) is 0.474. The summed E-state index contributed by atoms with van der Waals surface area (Å²) in [5.74, 6) is -2.82. The number of carbonyl (C=O) groups excluding carboxylic acids is 4. The van der Waals surface area contributed by atoms with Crippen LogP contribution in [-0.2, 0) is 28.7 Å². The lowest BCUT2D eigenvalue weighted by Gasteiger charge is -2.37. The van der Waals surface area contributed by atoms with Crippen LogP contribution < -0.4 is 15.0 Å². The fourth-order valence-electron chi connectivity index (χ4n) is 7.49. The fourth-order valence-corrected chi connectivity index (χ4v) is 8.44. The van der Waals surface area contributed by atoms with E-state index in [0.717, 1.165) is 0 Å². The van der Waals surface area contributed by atoms with Crippen LogP contribution in [0.1, 0.15) is 50.2 Å². The normalized spacial score (nSPS) is 25.5. The molecule has 3 saturated heterocycles. The molecule has 3 aliphatic rings. The Morgan fingerprint density at radius 3 is 2.52 bits per heavy atom. The van der Waals surface area contributed by atoms with Gasteiger partial charge in [0.05, 0.1) is 31.6 Å². The van der Waals surface area contributed by atoms with Crippen molar-refractivity contribution < 1.29 is 38.5 Å². The first kappa shape index (κ1) is 37.3. The Hall–Kier alpha value is -4.00. The van der Waals surface area contributed by atoms with Gasteiger partial charge in [0.2, 0.25) is 11.8 Å². The van der Waals surface area contributed by atoms with Gasteiger partial charge in [0, 0.05) is 36.6 Å². The number of fused-ring (bicyclic) bond motifs is 1. The van der Waals surface area contributed by atoms with Gasteiger partial charge in [0.15, 0.2) is 0 Å². The van der Waals surface area contributed by atoms with E-state index in [2.05, 4.69) is 34.4 Å². The molecule has 3 fully saturated rings. The van der Waals surface area contributed by atoms with E-state index in [-0.39, 0.29) is 55.2 Å². The standard InChI is InChI=1S/C38H46BrN3O8/c1-4-6-15-30(44)40-24-29(25-13-9-7-10-14-25)49-37(47)31-32-35(45)42(21-11-8-12-22-43)34(38(32)23-28(39)33(31)50-38)36(46)41(20-5-2)26-16-18-27(48-3)19-17-26/h4-5,7,9-10,13-14,16-19,28-29,31-34,43H,1-2,6,8,11-12,15,20-24H2,3H3,(H,40,44)/t28?,29-,31-,32+,33-,34-,38+/m0/s1. The van der Waals surface area contributed by atoms with E-state index in [1.54, 1.807) is 53.3 Å². The molecule has 2 N–H and O–H groups in total. The number of ether oxygens (including phenoxy) is 3. The molecule has 0 aliphatic carbocycles. The summed E-state index contributed by atoms with van der Waals surface area (Å²) in [4.78, 5) is 58.9. The summed E-state index contributed by atoms with van der Waals surface area (Å²) in [6.07, 6.45) is 4.64. The zero-order valence-electron chi connectivity index (χ0n) is 28.4. The van der Waals surface area contributed by atoms with Gasteiger partial charge in [-0.3, -0.25) is 19.2 Å². The number of allylic oxidation sites excluding steroid dienone is 1. The second-order valence-corrected chi connectivity index (χ2v) is 14.1. The summed E-state index contributed by atoms with van der Waals surface area (Å²) < 4.78 is 18.2. The number of rotatable bonds is 18. The third kappa shape index (κ3) is 7.52. The Balaban J connectivity index is 1.47. The van der Waals surface area contributed by atoms with Crippen molar-refractivity contribution in [2.75, 3.05) is 38.3 Å². The Labute approximate surface area is 301 Å². The first-order chi connectivity index (χ1) is 24.2. The average Bonchev–Trinajstić information content (AvgIpc) is 3.73. The number of methoxy groups -OCH3 is 1. The zero-order valence-corrected chi connectivity index (χ0v) is 30.0. The van der Waals surface area contributed by atoms with E-state index < -0.39 is 41.7 Å². The van der Waals surface area contributed by atoms with Crippen LogP contribution in [0.3, 0.4) is 0 Å². The molecule has 2 aromatic carbocycles. The van der Waals surface area contributed by atoms with Crippen LogP contribution in [0.5, 0.6) is 5.75 Å². The molecule has 5 rings (SSSR count). The maximum absolute atomic E-state index is 14.8. The number of amides is 3. The third-order valence-corrected chi connectivity index (χ3v) is 10.6. The summed E-state index contributed by atoms with van der Waals surface area (Å²) in [7, 11) is 1.56. The number of likely N-dealkylation sites (tertiary alicyclic amines) is 1. The van der Waals surface area contributed by atoms with Crippen LogP contribution in [0, 0.1) is 11.8 Å². The van der Waals surface area contributed by atoms with Gasteiger partial charge in [-0.05, 0) is 61.9 Å². The van der Waals surface area contributed by atoms with Gasteiger partial charge in [0.1, 0.15) is 23.5 Å². The number of aliphatic hydroxyl groups excluding tert-OH is 1. The lowest BCUT2D eigenvalue weighted by atomic mass is 9.70. The second kappa shape index (κ2) is 16.8. The highest BCUT2D eigenvalue weighted by Gasteiger charge is 2.77. The van der Waals surface area contributed by atoms with E-state index in [1.165, 1.54) is 0 Å². The van der Waals surface area contributed by atoms with Crippen molar-refractivity contribution in [3.8, 4) is 5.75 Å². The van der Waals surface area contributed by atoms with Gasteiger partial charge >= 0.3 is 5.97 Å². The van der Waals surface area contributed by atoms with Crippen molar-refractivity contribution in [1.82, 2.24) is 10.2 Å². The highest BCUT2D eigenvalue weighted by molar-refractivity contribution is 9.09. The van der Waals surface area contributed by atoms with Crippen molar-refractivity contribution in [1.29, 1.82) is 0 Å². The van der Waals surface area contributed by atoms with Crippen LogP contribution in [0.25, 0.3) is 0 Å². The number of hydrogen-bond donors (Lipinski definition) is 2. The molecular formula is C38H46BrN3O8. The molecule has 268 valence electrons. The molecular weight excluding hydrogens is 706 g/mol. The van der Waals surface area contributed by atoms with Gasteiger partial charge in [-0.1, -0.05) is 58.4 Å². The van der Waals surface area contributed by atoms with Gasteiger partial charge in [-0.25, -0.2) is 0 Å². The second-order valence-electron chi connectivity index (χ2n) is 12.9. The van der Waals surface area contributed by atoms with Gasteiger partial charge in [-0.15, -0.1) is 13.2 Å². The van der Waals surface area contributed by atoms with E-state index in [1.807, 2.05) is 30.3 Å². The Kier molecular flexibility index (Phi) is 12.5. The van der Waals surface area contributed by atoms with E-state index >= 15 is 0 Å². The number of aliphatic hydroxyl groups is 1. The molecule has 3 amide bonds. The minimum atomic E-state index is -1.29. The van der Waals surface area contributed by atoms with Crippen LogP contribution in [0.15, 0.2) is 79.9 Å². The molecule has 1 unspecified atom stereocenters. The van der Waals surface area contributed by atoms with Crippen molar-refractivity contribution in [3.63, 3.8) is 0 Å². The van der Waals surface area contributed by atoms with Crippen LogP contribution in [0.2, 0.25) is 0 Å². The predicted octanol–water partition coefficient (Wildman–Crippen LogP) is 4.49. The first-order valence-corrected chi connectivity index (χ1v) is 18.0. The Bertz CT molecular complexity index is 1540. The highest BCUT2D eigenvalue weighted by Crippen LogP contribution is 2.60. The molecule has 3 heterocycles. The summed E-state index contributed by atoms with van der Waals surface area (Å²) in [5.41, 5.74) is -0.00126. The summed E-state index contributed by atoms with van der Waals surface area (Å²) in [6.45, 7) is 8.04. The number of nitrogens with zero attached hydrogens (tertiary/aromatic N) is 2. The largest absolute Gasteiger partial charge is 0.497 e. The van der Waals surface area contributed by atoms with Crippen LogP contribution in [-0.4, -0.2) is 89.6 Å². The number of unbranched alkanes of at least 4 members (excludes halogenated alkanes) is 2. The summed E-state index contributed by atoms with van der Waals surface area (Å²) >= 11 is 3.73. The third-order valence-electron chi connectivity index (χ3n) is 9.80. The SMILES string of the molecule is C=CCCC(=O)NC[C@H](OC(=O)[C@@H]1[C@H]2O[C@@]3(CC2Br)[C@H](C(=O)N(CC=C)c2ccc(OC)cc2)N(CCCCCO)C(=O)[C@@H]13)c1ccccc1. The van der Waals surface area contributed by atoms with Gasteiger partial charge in [-0.2, -0.15) is 0 Å². The van der Waals surface area contributed by atoms with Crippen LogP contribution >= 0.6 is 15.9 Å². The van der Waals surface area contributed by atoms with Crippen molar-refractivity contribution >= 4 is 45.3 Å². The lowest BCUT2D eigenvalue weighted by molar-refractivity contribution is -0.160. The molecule has 3 aliphatic heterocycles. The topological polar surface area (TPSA) is 135 Å².